The fraction of sp³-hybridized carbons (Fsp3) is 0.211. The Labute approximate surface area is 196 Å². The van der Waals surface area contributed by atoms with Crippen LogP contribution in [0.5, 0.6) is 5.75 Å². The highest BCUT2D eigenvalue weighted by Gasteiger charge is 2.32. The van der Waals surface area contributed by atoms with Gasteiger partial charge in [0.15, 0.2) is 5.65 Å². The van der Waals surface area contributed by atoms with E-state index in [1.54, 1.807) is 6.92 Å². The van der Waals surface area contributed by atoms with Crippen molar-refractivity contribution < 1.29 is 27.5 Å². The van der Waals surface area contributed by atoms with Crippen molar-refractivity contribution in [2.24, 2.45) is 0 Å². The van der Waals surface area contributed by atoms with Crippen LogP contribution in [-0.2, 0) is 6.18 Å². The van der Waals surface area contributed by atoms with Gasteiger partial charge in [0.05, 0.1) is 26.2 Å². The Kier molecular flexibility index (Phi) is 6.10. The Morgan fingerprint density at radius 3 is 2.62 bits per heavy atom. The van der Waals surface area contributed by atoms with Crippen molar-refractivity contribution >= 4 is 44.8 Å². The van der Waals surface area contributed by atoms with Crippen LogP contribution in [0.4, 0.5) is 13.2 Å². The molecule has 0 amide bonds. The topological polar surface area (TPSA) is 85.7 Å². The molecule has 0 aliphatic carbocycles. The maximum atomic E-state index is 13.1. The van der Waals surface area contributed by atoms with Gasteiger partial charge >= 0.3 is 6.18 Å². The third-order valence-electron chi connectivity index (χ3n) is 4.22. The minimum atomic E-state index is -4.51. The molecule has 1 N–H and O–H groups in total. The maximum absolute atomic E-state index is 13.1. The first kappa shape index (κ1) is 22.8. The summed E-state index contributed by atoms with van der Waals surface area (Å²) >= 11 is 15.6. The summed E-state index contributed by atoms with van der Waals surface area (Å²) in [6.07, 6.45) is -2.95. The largest absolute Gasteiger partial charge is 0.489 e. The van der Waals surface area contributed by atoms with E-state index in [-0.39, 0.29) is 49.9 Å². The van der Waals surface area contributed by atoms with Crippen LogP contribution in [0.25, 0.3) is 28.6 Å². The Balaban J connectivity index is 1.68. The molecule has 0 aliphatic rings. The van der Waals surface area contributed by atoms with Crippen LogP contribution in [0, 0.1) is 0 Å². The monoisotopic (exact) mass is 550 g/mol. The molecule has 168 valence electrons. The summed E-state index contributed by atoms with van der Waals surface area (Å²) in [6, 6.07) is 3.87. The van der Waals surface area contributed by atoms with E-state index in [1.807, 2.05) is 0 Å². The molecule has 13 heteroatoms. The zero-order chi connectivity index (χ0) is 23.2. The Morgan fingerprint density at radius 1 is 1.19 bits per heavy atom. The molecule has 1 atom stereocenters. The number of benzene rings is 1. The van der Waals surface area contributed by atoms with Crippen LogP contribution in [0.1, 0.15) is 12.5 Å². The van der Waals surface area contributed by atoms with Crippen LogP contribution in [0.15, 0.2) is 39.6 Å². The van der Waals surface area contributed by atoms with Crippen molar-refractivity contribution in [2.45, 2.75) is 19.2 Å². The molecule has 3 aromatic heterocycles. The molecule has 32 heavy (non-hydrogen) atoms. The van der Waals surface area contributed by atoms with E-state index in [2.05, 4.69) is 31.1 Å². The number of alkyl halides is 3. The lowest BCUT2D eigenvalue weighted by molar-refractivity contribution is -0.137. The van der Waals surface area contributed by atoms with E-state index >= 15 is 0 Å². The van der Waals surface area contributed by atoms with Crippen LogP contribution in [0.2, 0.25) is 10.0 Å². The van der Waals surface area contributed by atoms with Gasteiger partial charge in [0.1, 0.15) is 18.1 Å². The highest BCUT2D eigenvalue weighted by Crippen LogP contribution is 2.37. The number of halogens is 6. The predicted molar refractivity (Wildman–Crippen MR) is 114 cm³/mol. The van der Waals surface area contributed by atoms with E-state index in [4.69, 9.17) is 32.5 Å². The summed E-state index contributed by atoms with van der Waals surface area (Å²) in [4.78, 5) is 8.49. The molecule has 0 spiro atoms. The van der Waals surface area contributed by atoms with E-state index in [9.17, 15) is 18.3 Å². The summed E-state index contributed by atoms with van der Waals surface area (Å²) < 4.78 is 51.2. The number of rotatable bonds is 5. The number of aliphatic hydroxyl groups excluding tert-OH is 1. The summed E-state index contributed by atoms with van der Waals surface area (Å²) in [5, 5.41) is 13.6. The molecule has 0 fully saturated rings. The lowest BCUT2D eigenvalue weighted by atomic mass is 10.2. The molecular formula is C19H12BrCl2F3N4O3. The molecule has 0 bridgehead atoms. The SMILES string of the molecule is CC(O)COc1cc(Cl)c(-c2noc(-c3cn4cc(C(F)(F)F)cc(Br)c4n3)n2)cc1Cl. The fourth-order valence-electron chi connectivity index (χ4n) is 2.77. The summed E-state index contributed by atoms with van der Waals surface area (Å²) in [7, 11) is 0. The van der Waals surface area contributed by atoms with E-state index < -0.39 is 17.8 Å². The van der Waals surface area contributed by atoms with Crippen molar-refractivity contribution in [1.29, 1.82) is 0 Å². The molecule has 4 aromatic rings. The normalized spacial score (nSPS) is 13.0. The average Bonchev–Trinajstić information content (AvgIpc) is 3.34. The van der Waals surface area contributed by atoms with Gasteiger partial charge in [-0.1, -0.05) is 28.4 Å². The fourth-order valence-corrected chi connectivity index (χ4v) is 3.77. The van der Waals surface area contributed by atoms with Crippen LogP contribution >= 0.6 is 39.1 Å². The Bertz CT molecular complexity index is 1310. The smallest absolute Gasteiger partial charge is 0.417 e. The first-order chi connectivity index (χ1) is 15.0. The van der Waals surface area contributed by atoms with Crippen LogP contribution in [0.3, 0.4) is 0 Å². The molecular weight excluding hydrogens is 540 g/mol. The number of nitrogens with zero attached hydrogens (tertiary/aromatic N) is 4. The molecule has 1 unspecified atom stereocenters. The highest BCUT2D eigenvalue weighted by molar-refractivity contribution is 9.10. The van der Waals surface area contributed by atoms with Gasteiger partial charge in [-0.2, -0.15) is 18.2 Å². The molecule has 0 aliphatic heterocycles. The number of hydrogen-bond acceptors (Lipinski definition) is 6. The summed E-state index contributed by atoms with van der Waals surface area (Å²) in [6.45, 7) is 1.59. The van der Waals surface area contributed by atoms with Crippen molar-refractivity contribution in [3.8, 4) is 28.7 Å². The van der Waals surface area contributed by atoms with Gasteiger partial charge in [-0.3, -0.25) is 0 Å². The number of aromatic nitrogens is 4. The average molecular weight is 552 g/mol. The minimum Gasteiger partial charge on any atom is -0.489 e. The van der Waals surface area contributed by atoms with Crippen molar-refractivity contribution in [1.82, 2.24) is 19.5 Å². The number of hydrogen-bond donors (Lipinski definition) is 1. The second-order valence-corrected chi connectivity index (χ2v) is 8.45. The van der Waals surface area contributed by atoms with E-state index in [1.165, 1.54) is 22.7 Å². The summed E-state index contributed by atoms with van der Waals surface area (Å²) in [5.74, 6) is 0.350. The maximum Gasteiger partial charge on any atom is 0.417 e. The first-order valence-electron chi connectivity index (χ1n) is 8.92. The van der Waals surface area contributed by atoms with Gasteiger partial charge in [-0.25, -0.2) is 4.98 Å². The zero-order valence-corrected chi connectivity index (χ0v) is 19.1. The number of imidazole rings is 1. The molecule has 0 saturated carbocycles. The molecule has 4 rings (SSSR count). The van der Waals surface area contributed by atoms with Gasteiger partial charge in [-0.05, 0) is 35.0 Å². The second kappa shape index (κ2) is 8.54. The number of fused-ring (bicyclic) bond motifs is 1. The van der Waals surface area contributed by atoms with Gasteiger partial charge in [0.25, 0.3) is 5.89 Å². The van der Waals surface area contributed by atoms with E-state index in [0.717, 1.165) is 12.3 Å². The van der Waals surface area contributed by atoms with Crippen molar-refractivity contribution in [3.63, 3.8) is 0 Å². The number of ether oxygens (including phenoxy) is 1. The lowest BCUT2D eigenvalue weighted by Gasteiger charge is -2.11. The molecule has 7 nitrogen and oxygen atoms in total. The van der Waals surface area contributed by atoms with Gasteiger partial charge in [0, 0.05) is 24.0 Å². The Hall–Kier alpha value is -2.34. The molecule has 3 heterocycles. The first-order valence-corrected chi connectivity index (χ1v) is 10.5. The Morgan fingerprint density at radius 2 is 1.94 bits per heavy atom. The van der Waals surface area contributed by atoms with Gasteiger partial charge < -0.3 is 18.8 Å². The van der Waals surface area contributed by atoms with Crippen LogP contribution < -0.4 is 4.74 Å². The summed E-state index contributed by atoms with van der Waals surface area (Å²) in [5.41, 5.74) is -0.0805. The van der Waals surface area contributed by atoms with Crippen molar-refractivity contribution in [2.75, 3.05) is 6.61 Å². The predicted octanol–water partition coefficient (Wildman–Crippen LogP) is 5.90. The number of aliphatic hydroxyl groups is 1. The van der Waals surface area contributed by atoms with Crippen LogP contribution in [-0.4, -0.2) is 37.3 Å². The standard InChI is InChI=1S/C19H12BrCl2F3N4O3/c1-8(30)7-31-15-4-12(21)10(3-13(15)22)16-27-18(32-28-16)14-6-29-5-9(19(23,24)25)2-11(20)17(29)26-14/h2-6,8,30H,7H2,1H3. The van der Waals surface area contributed by atoms with Gasteiger partial charge in [-0.15, -0.1) is 0 Å². The zero-order valence-electron chi connectivity index (χ0n) is 16.0. The molecule has 1 aromatic carbocycles. The third kappa shape index (κ3) is 4.56. The van der Waals surface area contributed by atoms with Gasteiger partial charge in [0.2, 0.25) is 5.82 Å². The molecule has 0 radical (unpaired) electrons. The van der Waals surface area contributed by atoms with Crippen molar-refractivity contribution in [3.05, 3.63) is 50.7 Å². The quantitative estimate of drug-likeness (QED) is 0.332. The highest BCUT2D eigenvalue weighted by atomic mass is 79.9. The molecule has 0 saturated heterocycles. The minimum absolute atomic E-state index is 0.0224. The van der Waals surface area contributed by atoms with E-state index in [0.29, 0.717) is 5.56 Å². The lowest BCUT2D eigenvalue weighted by Crippen LogP contribution is -2.12. The third-order valence-corrected chi connectivity index (χ3v) is 5.41. The number of pyridine rings is 1. The second-order valence-electron chi connectivity index (χ2n) is 6.78.